The van der Waals surface area contributed by atoms with E-state index in [0.29, 0.717) is 66.3 Å². The number of hydrogen-bond acceptors (Lipinski definition) is 19. The topological polar surface area (TPSA) is 281 Å². The minimum atomic E-state index is -0.584. The number of hydrogen-bond donors (Lipinski definition) is 3. The number of nitrogens with two attached hydrogens (primary N) is 1. The van der Waals surface area contributed by atoms with Crippen molar-refractivity contribution in [2.45, 2.75) is 115 Å². The highest BCUT2D eigenvalue weighted by molar-refractivity contribution is 5.92. The number of ether oxygens (including phenoxy) is 2. The van der Waals surface area contributed by atoms with E-state index in [-0.39, 0.29) is 64.0 Å². The number of aromatic nitrogens is 6. The molecular weight excluding hydrogens is 989 g/mol. The zero-order chi connectivity index (χ0) is 54.4. The van der Waals surface area contributed by atoms with Crippen LogP contribution in [0.3, 0.4) is 0 Å². The molecule has 0 radical (unpaired) electrons. The van der Waals surface area contributed by atoms with E-state index >= 15 is 0 Å². The summed E-state index contributed by atoms with van der Waals surface area (Å²) in [4.78, 5) is 77.6. The molecule has 4 fully saturated rings. The molecule has 1 unspecified atom stereocenters. The molecule has 1 amide bonds. The van der Waals surface area contributed by atoms with Crippen molar-refractivity contribution in [3.05, 3.63) is 97.5 Å². The molecule has 21 heteroatoms. The fourth-order valence-electron chi connectivity index (χ4n) is 10.5. The molecule has 8 heterocycles. The standard InChI is InChI=1S/C28H35N5O5.C19H22N4O4.C9H15NO2/c1-33-14-10-28(11-15-33)17-20(28)24(35)32-21(8-4-3-5-9-22(34)27-30-13-16-37-27)26-31-18-23(38-26)19-7-6-12-29-25(19)36-2;1-25-17-13(6-5-9-21-17)16-12-23-18(27-16)14(20)7-3-2-4-8-15(24)19-22-10-11-26-19;1-10-4-2-9(3-5-10)6-7(9)8(11)12/h6-7,12-13,16,18,20-21H,3-5,8-11,14-15,17H2,1-2H3,(H,32,35);5-6,9-12,14H,2-4,7-8,20H2,1H3;7H,2-6H2,1H3,(H,11,12)/t20-,21?;14-;7-/m101/s1. The second-order valence-electron chi connectivity index (χ2n) is 20.8. The number of carbonyl (C=O) groups is 4. The van der Waals surface area contributed by atoms with Crippen LogP contribution in [0, 0.1) is 22.7 Å². The maximum absolute atomic E-state index is 13.3. The number of oxazole rings is 4. The molecule has 21 nitrogen and oxygen atoms in total. The van der Waals surface area contributed by atoms with Crippen molar-refractivity contribution in [1.82, 2.24) is 45.0 Å². The molecule has 4 atom stereocenters. The van der Waals surface area contributed by atoms with E-state index in [9.17, 15) is 19.2 Å². The highest BCUT2D eigenvalue weighted by Gasteiger charge is 2.59. The largest absolute Gasteiger partial charge is 0.481 e. The zero-order valence-corrected chi connectivity index (χ0v) is 44.6. The first-order chi connectivity index (χ1) is 37.3. The monoisotopic (exact) mass is 1060 g/mol. The Bertz CT molecular complexity index is 2830. The normalized spacial score (nSPS) is 19.0. The number of methoxy groups -OCH3 is 2. The average Bonchev–Trinajstić information content (AvgIpc) is 4.05. The Morgan fingerprint density at radius 1 is 0.662 bits per heavy atom. The van der Waals surface area contributed by atoms with E-state index in [1.54, 1.807) is 45.1 Å². The molecule has 4 aliphatic rings. The number of amides is 1. The summed E-state index contributed by atoms with van der Waals surface area (Å²) < 4.78 is 32.6. The predicted octanol–water partition coefficient (Wildman–Crippen LogP) is 8.83. The van der Waals surface area contributed by atoms with Gasteiger partial charge in [0.15, 0.2) is 11.5 Å². The Morgan fingerprint density at radius 3 is 1.62 bits per heavy atom. The van der Waals surface area contributed by atoms with Crippen molar-refractivity contribution >= 4 is 23.4 Å². The SMILES string of the molecule is CN1CCC2(CC1)C[C@@H]2C(=O)O.COc1ncccc1-c1cnc(C(CCCCCC(=O)c2ncco2)NC(=O)[C@H]2CC23CCN(C)CC3)o1.COc1ncccc1-c1cnc([C@@H](N)CCCCCC(=O)c2ncco2)o1. The molecule has 2 saturated heterocycles. The summed E-state index contributed by atoms with van der Waals surface area (Å²) in [7, 11) is 7.36. The number of carboxylic acids is 1. The number of Topliss-reactive ketones (excluding diaryl/α,β-unsaturated/α-hetero) is 2. The number of carbonyl (C=O) groups excluding carboxylic acids is 3. The minimum absolute atomic E-state index is 0.0220. The molecule has 2 saturated carbocycles. The van der Waals surface area contributed by atoms with Gasteiger partial charge in [-0.15, -0.1) is 0 Å². The highest BCUT2D eigenvalue weighted by atomic mass is 16.5. The second kappa shape index (κ2) is 26.3. The zero-order valence-electron chi connectivity index (χ0n) is 44.6. The molecule has 2 spiro atoms. The van der Waals surface area contributed by atoms with Crippen molar-refractivity contribution < 1.29 is 51.4 Å². The fraction of sp³-hybridized carbons (Fsp3) is 0.536. The van der Waals surface area contributed by atoms with Crippen molar-refractivity contribution in [3.8, 4) is 34.4 Å². The van der Waals surface area contributed by atoms with Gasteiger partial charge in [-0.25, -0.2) is 29.9 Å². The smallest absolute Gasteiger partial charge is 0.307 e. The quantitative estimate of drug-likeness (QED) is 0.0399. The van der Waals surface area contributed by atoms with Gasteiger partial charge in [0.2, 0.25) is 41.0 Å². The number of ketones is 2. The van der Waals surface area contributed by atoms with E-state index in [1.807, 2.05) is 18.2 Å². The molecule has 2 aliphatic heterocycles. The van der Waals surface area contributed by atoms with Gasteiger partial charge in [-0.2, -0.15) is 0 Å². The van der Waals surface area contributed by atoms with Crippen LogP contribution in [-0.4, -0.2) is 123 Å². The van der Waals surface area contributed by atoms with Gasteiger partial charge in [-0.05, 0) is 140 Å². The lowest BCUT2D eigenvalue weighted by Crippen LogP contribution is -2.36. The lowest BCUT2D eigenvalue weighted by atomic mass is 9.91. The lowest BCUT2D eigenvalue weighted by molar-refractivity contribution is -0.139. The van der Waals surface area contributed by atoms with Gasteiger partial charge in [0, 0.05) is 31.2 Å². The number of carboxylic acid groups (broad SMARTS) is 1. The van der Waals surface area contributed by atoms with Crippen molar-refractivity contribution in [2.24, 2.45) is 28.4 Å². The van der Waals surface area contributed by atoms with E-state index in [0.717, 1.165) is 109 Å². The molecule has 412 valence electrons. The number of piperidine rings is 2. The first-order valence-electron chi connectivity index (χ1n) is 26.7. The molecule has 77 heavy (non-hydrogen) atoms. The first-order valence-corrected chi connectivity index (χ1v) is 26.7. The van der Waals surface area contributed by atoms with Crippen molar-refractivity contribution in [1.29, 1.82) is 0 Å². The van der Waals surface area contributed by atoms with Crippen LogP contribution in [0.1, 0.15) is 148 Å². The Kier molecular flexibility index (Phi) is 19.2. The first kappa shape index (κ1) is 56.1. The fourth-order valence-corrected chi connectivity index (χ4v) is 10.5. The summed E-state index contributed by atoms with van der Waals surface area (Å²) in [5, 5.41) is 12.1. The summed E-state index contributed by atoms with van der Waals surface area (Å²) in [6.07, 6.45) is 25.5. The number of aliphatic carboxylic acids is 1. The molecule has 10 rings (SSSR count). The van der Waals surface area contributed by atoms with Gasteiger partial charge in [0.05, 0.1) is 62.1 Å². The molecular formula is C56H72N10O11. The minimum Gasteiger partial charge on any atom is -0.481 e. The molecule has 0 bridgehead atoms. The van der Waals surface area contributed by atoms with Crippen LogP contribution in [0.15, 0.2) is 91.6 Å². The van der Waals surface area contributed by atoms with Crippen molar-refractivity contribution in [2.75, 3.05) is 54.5 Å². The molecule has 6 aromatic rings. The van der Waals surface area contributed by atoms with Crippen LogP contribution in [0.2, 0.25) is 0 Å². The number of nitrogens with zero attached hydrogens (tertiary/aromatic N) is 8. The molecule has 4 N–H and O–H groups in total. The molecule has 6 aromatic heterocycles. The van der Waals surface area contributed by atoms with Crippen LogP contribution < -0.4 is 20.5 Å². The maximum Gasteiger partial charge on any atom is 0.307 e. The van der Waals surface area contributed by atoms with Crippen molar-refractivity contribution in [3.63, 3.8) is 0 Å². The Balaban J connectivity index is 0.000000173. The third kappa shape index (κ3) is 14.7. The average molecular weight is 1060 g/mol. The summed E-state index contributed by atoms with van der Waals surface area (Å²) >= 11 is 0. The van der Waals surface area contributed by atoms with E-state index in [1.165, 1.54) is 24.9 Å². The van der Waals surface area contributed by atoms with Gasteiger partial charge < -0.3 is 53.1 Å². The van der Waals surface area contributed by atoms with E-state index < -0.39 is 5.97 Å². The Labute approximate surface area is 448 Å². The lowest BCUT2D eigenvalue weighted by Gasteiger charge is -2.30. The summed E-state index contributed by atoms with van der Waals surface area (Å²) in [6, 6.07) is 6.68. The number of unbranched alkanes of at least 4 members (excludes halogenated alkanes) is 4. The van der Waals surface area contributed by atoms with Crippen LogP contribution >= 0.6 is 0 Å². The Hall–Kier alpha value is -7.10. The predicted molar refractivity (Wildman–Crippen MR) is 280 cm³/mol. The summed E-state index contributed by atoms with van der Waals surface area (Å²) in [5.74, 6) is 2.66. The van der Waals surface area contributed by atoms with Crippen LogP contribution in [-0.2, 0) is 9.59 Å². The number of nitrogens with one attached hydrogen (secondary N) is 1. The Morgan fingerprint density at radius 2 is 1.14 bits per heavy atom. The van der Waals surface area contributed by atoms with Crippen LogP contribution in [0.4, 0.5) is 0 Å². The van der Waals surface area contributed by atoms with Gasteiger partial charge in [-0.3, -0.25) is 19.2 Å². The van der Waals surface area contributed by atoms with E-state index in [2.05, 4.69) is 59.1 Å². The third-order valence-corrected chi connectivity index (χ3v) is 15.6. The van der Waals surface area contributed by atoms with Gasteiger partial charge in [-0.1, -0.05) is 25.7 Å². The third-order valence-electron chi connectivity index (χ3n) is 15.6. The van der Waals surface area contributed by atoms with E-state index in [4.69, 9.17) is 38.0 Å². The van der Waals surface area contributed by atoms with Gasteiger partial charge in [0.25, 0.3) is 11.8 Å². The summed E-state index contributed by atoms with van der Waals surface area (Å²) in [5.41, 5.74) is 7.97. The second-order valence-corrected chi connectivity index (χ2v) is 20.8. The molecule has 0 aromatic carbocycles. The summed E-state index contributed by atoms with van der Waals surface area (Å²) in [6.45, 7) is 4.22. The number of likely N-dealkylation sites (tertiary alicyclic amines) is 2. The van der Waals surface area contributed by atoms with Crippen LogP contribution in [0.5, 0.6) is 11.8 Å². The maximum atomic E-state index is 13.3. The number of rotatable bonds is 23. The van der Waals surface area contributed by atoms with Crippen LogP contribution in [0.25, 0.3) is 22.6 Å². The highest BCUT2D eigenvalue weighted by Crippen LogP contribution is 2.60. The molecule has 2 aliphatic carbocycles. The number of pyridine rings is 2. The van der Waals surface area contributed by atoms with Gasteiger partial charge in [0.1, 0.15) is 18.6 Å². The van der Waals surface area contributed by atoms with Gasteiger partial charge >= 0.3 is 5.97 Å².